The number of carbonyl (C=O) groups excluding carboxylic acids is 1. The molecule has 92 valence electrons. The number of benzene rings is 1. The van der Waals surface area contributed by atoms with Gasteiger partial charge in [0.15, 0.2) is 0 Å². The highest BCUT2D eigenvalue weighted by molar-refractivity contribution is 5.72. The molecule has 0 N–H and O–H groups in total. The number of rotatable bonds is 5. The topological polar surface area (TPSA) is 69.4 Å². The zero-order valence-electron chi connectivity index (χ0n) is 9.88. The van der Waals surface area contributed by atoms with Crippen LogP contribution in [0.25, 0.3) is 0 Å². The Morgan fingerprint density at radius 1 is 1.47 bits per heavy atom. The lowest BCUT2D eigenvalue weighted by atomic mass is 9.96. The predicted octanol–water partition coefficient (Wildman–Crippen LogP) is 2.34. The van der Waals surface area contributed by atoms with Gasteiger partial charge in [0.2, 0.25) is 0 Å². The Labute approximate surface area is 99.5 Å². The first kappa shape index (κ1) is 13.2. The van der Waals surface area contributed by atoms with Crippen molar-refractivity contribution in [2.45, 2.75) is 19.8 Å². The molecule has 0 heterocycles. The second kappa shape index (κ2) is 5.98. The Balaban J connectivity index is 2.93. The molecule has 0 bridgehead atoms. The van der Waals surface area contributed by atoms with Crippen LogP contribution in [0.15, 0.2) is 24.3 Å². The maximum atomic E-state index is 11.4. The number of esters is 1. The van der Waals surface area contributed by atoms with E-state index in [-0.39, 0.29) is 17.6 Å². The van der Waals surface area contributed by atoms with Crippen molar-refractivity contribution in [3.05, 3.63) is 39.9 Å². The van der Waals surface area contributed by atoms with Gasteiger partial charge in [-0.2, -0.15) is 0 Å². The maximum Gasteiger partial charge on any atom is 0.308 e. The van der Waals surface area contributed by atoms with Gasteiger partial charge < -0.3 is 4.74 Å². The van der Waals surface area contributed by atoms with Crippen LogP contribution in [0, 0.1) is 16.0 Å². The summed E-state index contributed by atoms with van der Waals surface area (Å²) >= 11 is 0. The molecule has 0 amide bonds. The van der Waals surface area contributed by atoms with Gasteiger partial charge in [0.1, 0.15) is 0 Å². The van der Waals surface area contributed by atoms with Crippen molar-refractivity contribution in [3.8, 4) is 0 Å². The molecule has 5 nitrogen and oxygen atoms in total. The van der Waals surface area contributed by atoms with E-state index in [4.69, 9.17) is 0 Å². The number of hydrogen-bond donors (Lipinski definition) is 0. The second-order valence-electron chi connectivity index (χ2n) is 3.72. The van der Waals surface area contributed by atoms with Gasteiger partial charge in [-0.15, -0.1) is 0 Å². The molecular weight excluding hydrogens is 222 g/mol. The van der Waals surface area contributed by atoms with Crippen LogP contribution in [0.1, 0.15) is 18.9 Å². The van der Waals surface area contributed by atoms with Gasteiger partial charge in [-0.1, -0.05) is 25.1 Å². The fraction of sp³-hybridized carbons (Fsp3) is 0.417. The molecule has 0 radical (unpaired) electrons. The summed E-state index contributed by atoms with van der Waals surface area (Å²) in [5.74, 6) is -0.660. The van der Waals surface area contributed by atoms with E-state index in [1.807, 2.05) is 6.92 Å². The van der Waals surface area contributed by atoms with E-state index in [1.165, 1.54) is 13.2 Å². The number of carbonyl (C=O) groups is 1. The molecule has 0 aliphatic rings. The van der Waals surface area contributed by atoms with E-state index >= 15 is 0 Å². The maximum absolute atomic E-state index is 11.4. The zero-order chi connectivity index (χ0) is 12.8. The molecule has 0 fully saturated rings. The summed E-state index contributed by atoms with van der Waals surface area (Å²) < 4.78 is 4.67. The lowest BCUT2D eigenvalue weighted by Crippen LogP contribution is -2.18. The summed E-state index contributed by atoms with van der Waals surface area (Å²) in [6.45, 7) is 1.86. The monoisotopic (exact) mass is 237 g/mol. The molecule has 1 aromatic carbocycles. The molecule has 17 heavy (non-hydrogen) atoms. The fourth-order valence-corrected chi connectivity index (χ4v) is 1.69. The molecule has 0 aromatic heterocycles. The minimum absolute atomic E-state index is 0.0508. The number of nitro groups is 1. The quantitative estimate of drug-likeness (QED) is 0.447. The van der Waals surface area contributed by atoms with Crippen LogP contribution in [0.4, 0.5) is 5.69 Å². The first-order valence-electron chi connectivity index (χ1n) is 5.40. The van der Waals surface area contributed by atoms with E-state index in [1.54, 1.807) is 18.2 Å². The average Bonchev–Trinajstić information content (AvgIpc) is 2.35. The third-order valence-corrected chi connectivity index (χ3v) is 2.68. The average molecular weight is 237 g/mol. The third-order valence-electron chi connectivity index (χ3n) is 2.68. The first-order valence-corrected chi connectivity index (χ1v) is 5.40. The summed E-state index contributed by atoms with van der Waals surface area (Å²) in [4.78, 5) is 21.8. The predicted molar refractivity (Wildman–Crippen MR) is 62.6 cm³/mol. The Hall–Kier alpha value is -1.91. The van der Waals surface area contributed by atoms with Crippen molar-refractivity contribution in [1.29, 1.82) is 0 Å². The van der Waals surface area contributed by atoms with Crippen molar-refractivity contribution in [3.63, 3.8) is 0 Å². The van der Waals surface area contributed by atoms with Gasteiger partial charge in [0.05, 0.1) is 18.0 Å². The molecular formula is C12H15NO4. The minimum atomic E-state index is -0.431. The summed E-state index contributed by atoms with van der Waals surface area (Å²) in [5.41, 5.74) is 0.615. The Morgan fingerprint density at radius 2 is 2.12 bits per heavy atom. The molecule has 5 heteroatoms. The molecule has 0 saturated heterocycles. The third kappa shape index (κ3) is 3.27. The van der Waals surface area contributed by atoms with Gasteiger partial charge in [0.25, 0.3) is 5.69 Å². The van der Waals surface area contributed by atoms with Gasteiger partial charge in [-0.05, 0) is 12.8 Å². The van der Waals surface area contributed by atoms with Crippen LogP contribution in [-0.2, 0) is 16.0 Å². The Kier molecular flexibility index (Phi) is 4.63. The van der Waals surface area contributed by atoms with Crippen LogP contribution in [0.3, 0.4) is 0 Å². The van der Waals surface area contributed by atoms with Gasteiger partial charge in [-0.25, -0.2) is 0 Å². The number of hydrogen-bond acceptors (Lipinski definition) is 4. The van der Waals surface area contributed by atoms with Crippen molar-refractivity contribution in [1.82, 2.24) is 0 Å². The molecule has 0 aliphatic heterocycles. The van der Waals surface area contributed by atoms with Crippen LogP contribution in [0.2, 0.25) is 0 Å². The summed E-state index contributed by atoms with van der Waals surface area (Å²) in [6.07, 6.45) is 0.930. The van der Waals surface area contributed by atoms with Crippen LogP contribution in [-0.4, -0.2) is 18.0 Å². The molecule has 1 aromatic rings. The first-order chi connectivity index (χ1) is 8.10. The van der Waals surface area contributed by atoms with Crippen LogP contribution in [0.5, 0.6) is 0 Å². The van der Waals surface area contributed by atoms with E-state index in [0.29, 0.717) is 18.4 Å². The standard InChI is InChI=1S/C12H15NO4/c1-3-9(12(14)17-2)8-10-6-4-5-7-11(10)13(15)16/h4-7,9H,3,8H2,1-2H3. The fourth-order valence-electron chi connectivity index (χ4n) is 1.69. The molecule has 1 atom stereocenters. The van der Waals surface area contributed by atoms with Gasteiger partial charge >= 0.3 is 5.97 Å². The summed E-state index contributed by atoms with van der Waals surface area (Å²) in [5, 5.41) is 10.8. The highest BCUT2D eigenvalue weighted by atomic mass is 16.6. The largest absolute Gasteiger partial charge is 0.469 e. The van der Waals surface area contributed by atoms with Crippen molar-refractivity contribution in [2.24, 2.45) is 5.92 Å². The number of ether oxygens (including phenoxy) is 1. The normalized spacial score (nSPS) is 11.9. The minimum Gasteiger partial charge on any atom is -0.469 e. The Morgan fingerprint density at radius 3 is 2.65 bits per heavy atom. The van der Waals surface area contributed by atoms with E-state index in [9.17, 15) is 14.9 Å². The van der Waals surface area contributed by atoms with E-state index in [2.05, 4.69) is 4.74 Å². The number of nitro benzene ring substituents is 1. The highest BCUT2D eigenvalue weighted by Crippen LogP contribution is 2.22. The van der Waals surface area contributed by atoms with Crippen LogP contribution < -0.4 is 0 Å². The summed E-state index contributed by atoms with van der Waals surface area (Å²) in [7, 11) is 1.32. The highest BCUT2D eigenvalue weighted by Gasteiger charge is 2.22. The lowest BCUT2D eigenvalue weighted by molar-refractivity contribution is -0.385. The lowest BCUT2D eigenvalue weighted by Gasteiger charge is -2.12. The van der Waals surface area contributed by atoms with E-state index in [0.717, 1.165) is 0 Å². The SMILES string of the molecule is CCC(Cc1ccccc1[N+](=O)[O-])C(=O)OC. The zero-order valence-corrected chi connectivity index (χ0v) is 9.88. The number of para-hydroxylation sites is 1. The van der Waals surface area contributed by atoms with Crippen molar-refractivity contribution >= 4 is 11.7 Å². The molecule has 0 aliphatic carbocycles. The van der Waals surface area contributed by atoms with Crippen LogP contribution >= 0.6 is 0 Å². The number of methoxy groups -OCH3 is 1. The van der Waals surface area contributed by atoms with Gasteiger partial charge in [-0.3, -0.25) is 14.9 Å². The van der Waals surface area contributed by atoms with Crippen molar-refractivity contribution < 1.29 is 14.5 Å². The molecule has 1 unspecified atom stereocenters. The Bertz CT molecular complexity index is 417. The second-order valence-corrected chi connectivity index (χ2v) is 3.72. The number of nitrogens with zero attached hydrogens (tertiary/aromatic N) is 1. The van der Waals surface area contributed by atoms with E-state index < -0.39 is 4.92 Å². The van der Waals surface area contributed by atoms with Crippen molar-refractivity contribution in [2.75, 3.05) is 7.11 Å². The van der Waals surface area contributed by atoms with Gasteiger partial charge in [0, 0.05) is 11.6 Å². The molecule has 0 spiro atoms. The molecule has 1 rings (SSSR count). The smallest absolute Gasteiger partial charge is 0.308 e. The summed E-state index contributed by atoms with van der Waals surface area (Å²) in [6, 6.07) is 6.45. The molecule has 0 saturated carbocycles.